The van der Waals surface area contributed by atoms with E-state index in [0.717, 1.165) is 17.9 Å². The van der Waals surface area contributed by atoms with Crippen LogP contribution in [0.3, 0.4) is 0 Å². The first-order valence-electron chi connectivity index (χ1n) is 6.24. The molecule has 0 radical (unpaired) electrons. The SMILES string of the molecule is CCN(c1ccc(CN)nc1)c1ccccc1C. The van der Waals surface area contributed by atoms with E-state index in [-0.39, 0.29) is 0 Å². The summed E-state index contributed by atoms with van der Waals surface area (Å²) in [7, 11) is 0. The van der Waals surface area contributed by atoms with E-state index in [1.165, 1.54) is 11.3 Å². The zero-order valence-electron chi connectivity index (χ0n) is 10.9. The van der Waals surface area contributed by atoms with Crippen LogP contribution < -0.4 is 10.6 Å². The molecule has 18 heavy (non-hydrogen) atoms. The zero-order chi connectivity index (χ0) is 13.0. The molecular formula is C15H19N3. The summed E-state index contributed by atoms with van der Waals surface area (Å²) in [6.07, 6.45) is 1.89. The number of benzene rings is 1. The van der Waals surface area contributed by atoms with E-state index in [2.05, 4.69) is 54.1 Å². The molecule has 0 aliphatic heterocycles. The van der Waals surface area contributed by atoms with Gasteiger partial charge in [-0.15, -0.1) is 0 Å². The Morgan fingerprint density at radius 3 is 2.50 bits per heavy atom. The number of nitrogens with two attached hydrogens (primary N) is 1. The number of hydrogen-bond acceptors (Lipinski definition) is 3. The van der Waals surface area contributed by atoms with Gasteiger partial charge in [0.25, 0.3) is 0 Å². The largest absolute Gasteiger partial charge is 0.340 e. The van der Waals surface area contributed by atoms with Crippen molar-refractivity contribution in [1.29, 1.82) is 0 Å². The fourth-order valence-electron chi connectivity index (χ4n) is 2.06. The first kappa shape index (κ1) is 12.6. The minimum Gasteiger partial charge on any atom is -0.340 e. The highest BCUT2D eigenvalue weighted by molar-refractivity contribution is 5.65. The normalized spacial score (nSPS) is 10.4. The Kier molecular flexibility index (Phi) is 3.95. The molecule has 1 aromatic carbocycles. The van der Waals surface area contributed by atoms with Crippen molar-refractivity contribution in [3.8, 4) is 0 Å². The monoisotopic (exact) mass is 241 g/mol. The third-order valence-electron chi connectivity index (χ3n) is 3.05. The fourth-order valence-corrected chi connectivity index (χ4v) is 2.06. The summed E-state index contributed by atoms with van der Waals surface area (Å²) in [5.41, 5.74) is 10.1. The van der Waals surface area contributed by atoms with Gasteiger partial charge in [0.2, 0.25) is 0 Å². The lowest BCUT2D eigenvalue weighted by molar-refractivity contribution is 0.966. The smallest absolute Gasteiger partial charge is 0.0597 e. The average Bonchev–Trinajstić information content (AvgIpc) is 2.42. The molecule has 0 bridgehead atoms. The fraction of sp³-hybridized carbons (Fsp3) is 0.267. The third-order valence-corrected chi connectivity index (χ3v) is 3.05. The molecule has 94 valence electrons. The van der Waals surface area contributed by atoms with Crippen LogP contribution in [0.5, 0.6) is 0 Å². The van der Waals surface area contributed by atoms with Crippen molar-refractivity contribution in [3.05, 3.63) is 53.9 Å². The molecule has 0 aliphatic carbocycles. The standard InChI is InChI=1S/C15H19N3/c1-3-18(15-7-5-4-6-12(15)2)14-9-8-13(10-16)17-11-14/h4-9,11H,3,10,16H2,1-2H3. The number of hydrogen-bond donors (Lipinski definition) is 1. The van der Waals surface area contributed by atoms with Crippen LogP contribution >= 0.6 is 0 Å². The van der Waals surface area contributed by atoms with E-state index in [0.29, 0.717) is 6.54 Å². The van der Waals surface area contributed by atoms with Crippen LogP contribution in [0.2, 0.25) is 0 Å². The Morgan fingerprint density at radius 2 is 1.94 bits per heavy atom. The van der Waals surface area contributed by atoms with Crippen LogP contribution in [0, 0.1) is 6.92 Å². The van der Waals surface area contributed by atoms with Gasteiger partial charge in [0.05, 0.1) is 17.6 Å². The van der Waals surface area contributed by atoms with Gasteiger partial charge < -0.3 is 10.6 Å². The topological polar surface area (TPSA) is 42.1 Å². The van der Waals surface area contributed by atoms with Gasteiger partial charge in [-0.3, -0.25) is 4.98 Å². The van der Waals surface area contributed by atoms with E-state index in [9.17, 15) is 0 Å². The third kappa shape index (κ3) is 2.51. The molecule has 0 amide bonds. The van der Waals surface area contributed by atoms with E-state index in [1.54, 1.807) is 0 Å². The van der Waals surface area contributed by atoms with Crippen molar-refractivity contribution in [1.82, 2.24) is 4.98 Å². The van der Waals surface area contributed by atoms with Crippen molar-refractivity contribution >= 4 is 11.4 Å². The number of rotatable bonds is 4. The number of para-hydroxylation sites is 1. The highest BCUT2D eigenvalue weighted by atomic mass is 15.1. The predicted octanol–water partition coefficient (Wildman–Crippen LogP) is 3.01. The first-order chi connectivity index (χ1) is 8.76. The molecule has 0 unspecified atom stereocenters. The van der Waals surface area contributed by atoms with E-state index < -0.39 is 0 Å². The van der Waals surface area contributed by atoms with Crippen LogP contribution in [0.25, 0.3) is 0 Å². The van der Waals surface area contributed by atoms with Crippen molar-refractivity contribution in [2.24, 2.45) is 5.73 Å². The second-order valence-corrected chi connectivity index (χ2v) is 4.24. The molecule has 2 rings (SSSR count). The molecule has 1 heterocycles. The number of pyridine rings is 1. The van der Waals surface area contributed by atoms with E-state index in [4.69, 9.17) is 5.73 Å². The maximum Gasteiger partial charge on any atom is 0.0597 e. The van der Waals surface area contributed by atoms with Crippen molar-refractivity contribution in [2.75, 3.05) is 11.4 Å². The minimum absolute atomic E-state index is 0.483. The maximum absolute atomic E-state index is 5.57. The number of aromatic nitrogens is 1. The van der Waals surface area contributed by atoms with Gasteiger partial charge in [-0.2, -0.15) is 0 Å². The first-order valence-corrected chi connectivity index (χ1v) is 6.24. The summed E-state index contributed by atoms with van der Waals surface area (Å²) >= 11 is 0. The van der Waals surface area contributed by atoms with Gasteiger partial charge in [0.1, 0.15) is 0 Å². The second kappa shape index (κ2) is 5.65. The highest BCUT2D eigenvalue weighted by Gasteiger charge is 2.09. The summed E-state index contributed by atoms with van der Waals surface area (Å²) in [4.78, 5) is 6.61. The van der Waals surface area contributed by atoms with Crippen molar-refractivity contribution in [2.45, 2.75) is 20.4 Å². The summed E-state index contributed by atoms with van der Waals surface area (Å²) in [6.45, 7) is 5.66. The molecular weight excluding hydrogens is 222 g/mol. The van der Waals surface area contributed by atoms with Crippen LogP contribution in [0.4, 0.5) is 11.4 Å². The van der Waals surface area contributed by atoms with Crippen molar-refractivity contribution < 1.29 is 0 Å². The summed E-state index contributed by atoms with van der Waals surface area (Å²) in [6, 6.07) is 12.4. The van der Waals surface area contributed by atoms with E-state index in [1.807, 2.05) is 12.3 Å². The second-order valence-electron chi connectivity index (χ2n) is 4.24. The van der Waals surface area contributed by atoms with Crippen LogP contribution in [0.15, 0.2) is 42.6 Å². The molecule has 0 atom stereocenters. The molecule has 0 saturated heterocycles. The quantitative estimate of drug-likeness (QED) is 0.894. The molecule has 0 fully saturated rings. The summed E-state index contributed by atoms with van der Waals surface area (Å²) < 4.78 is 0. The lowest BCUT2D eigenvalue weighted by atomic mass is 10.1. The van der Waals surface area contributed by atoms with Crippen LogP contribution in [-0.4, -0.2) is 11.5 Å². The highest BCUT2D eigenvalue weighted by Crippen LogP contribution is 2.27. The Morgan fingerprint density at radius 1 is 1.17 bits per heavy atom. The number of aryl methyl sites for hydroxylation is 1. The Balaban J connectivity index is 2.36. The Labute approximate surface area is 108 Å². The Bertz CT molecular complexity index is 505. The number of nitrogens with zero attached hydrogens (tertiary/aromatic N) is 2. The van der Waals surface area contributed by atoms with Crippen molar-refractivity contribution in [3.63, 3.8) is 0 Å². The molecule has 3 heteroatoms. The van der Waals surface area contributed by atoms with Gasteiger partial charge in [0, 0.05) is 18.8 Å². The lowest BCUT2D eigenvalue weighted by Gasteiger charge is -2.24. The Hall–Kier alpha value is -1.87. The minimum atomic E-state index is 0.483. The molecule has 3 nitrogen and oxygen atoms in total. The summed E-state index contributed by atoms with van der Waals surface area (Å²) in [5.74, 6) is 0. The van der Waals surface area contributed by atoms with Gasteiger partial charge in [-0.05, 0) is 37.6 Å². The van der Waals surface area contributed by atoms with Gasteiger partial charge in [-0.1, -0.05) is 18.2 Å². The van der Waals surface area contributed by atoms with Gasteiger partial charge in [0.15, 0.2) is 0 Å². The van der Waals surface area contributed by atoms with Gasteiger partial charge >= 0.3 is 0 Å². The zero-order valence-corrected chi connectivity index (χ0v) is 10.9. The molecule has 2 N–H and O–H groups in total. The van der Waals surface area contributed by atoms with Crippen LogP contribution in [-0.2, 0) is 6.54 Å². The van der Waals surface area contributed by atoms with Gasteiger partial charge in [-0.25, -0.2) is 0 Å². The molecule has 0 spiro atoms. The predicted molar refractivity (Wildman–Crippen MR) is 76.0 cm³/mol. The van der Waals surface area contributed by atoms with E-state index >= 15 is 0 Å². The average molecular weight is 241 g/mol. The molecule has 1 aromatic heterocycles. The maximum atomic E-state index is 5.57. The molecule has 0 aliphatic rings. The summed E-state index contributed by atoms with van der Waals surface area (Å²) in [5, 5.41) is 0. The molecule has 0 saturated carbocycles. The molecule has 2 aromatic rings. The van der Waals surface area contributed by atoms with Crippen LogP contribution in [0.1, 0.15) is 18.2 Å². The number of anilines is 2. The lowest BCUT2D eigenvalue weighted by Crippen LogP contribution is -2.17.